The lowest BCUT2D eigenvalue weighted by molar-refractivity contribution is -0.296. The first-order valence-corrected chi connectivity index (χ1v) is 4.11. The number of rotatable bonds is 2. The third-order valence-corrected chi connectivity index (χ3v) is 2.28. The van der Waals surface area contributed by atoms with Gasteiger partial charge in [0, 0.05) is 13.1 Å². The number of aliphatic hydroxyl groups is 1. The fourth-order valence-electron chi connectivity index (χ4n) is 1.35. The van der Waals surface area contributed by atoms with E-state index in [9.17, 15) is 31.4 Å². The van der Waals surface area contributed by atoms with Gasteiger partial charge in [0.25, 0.3) is 0 Å². The van der Waals surface area contributed by atoms with Crippen LogP contribution >= 0.6 is 0 Å². The highest BCUT2D eigenvalue weighted by Gasteiger charge is 2.59. The minimum absolute atomic E-state index is 0.240. The van der Waals surface area contributed by atoms with Gasteiger partial charge in [0.1, 0.15) is 0 Å². The highest BCUT2D eigenvalue weighted by Crippen LogP contribution is 2.44. The Morgan fingerprint density at radius 3 is 1.67 bits per heavy atom. The van der Waals surface area contributed by atoms with Crippen LogP contribution in [0.3, 0.4) is 0 Å². The molecule has 0 bridgehead atoms. The van der Waals surface area contributed by atoms with Gasteiger partial charge in [-0.1, -0.05) is 0 Å². The number of hydrogen-bond donors (Lipinski definition) is 2. The molecule has 0 aromatic carbocycles. The molecule has 1 heterocycles. The van der Waals surface area contributed by atoms with Crippen molar-refractivity contribution in [2.45, 2.75) is 24.4 Å². The first-order valence-electron chi connectivity index (χ1n) is 4.11. The Balaban J connectivity index is 2.74. The van der Waals surface area contributed by atoms with Crippen LogP contribution in [-0.4, -0.2) is 36.1 Å². The summed E-state index contributed by atoms with van der Waals surface area (Å²) in [6.07, 6.45) is -12.1. The lowest BCUT2D eigenvalue weighted by Gasteiger charge is -2.40. The Kier molecular flexibility index (Phi) is 2.94. The molecule has 1 fully saturated rings. The molecule has 0 aromatic rings. The number of hydrogen-bond acceptors (Lipinski definition) is 2. The average Bonchev–Trinajstić information content (AvgIpc) is 1.92. The van der Waals surface area contributed by atoms with Gasteiger partial charge in [0.05, 0.1) is 5.60 Å². The summed E-state index contributed by atoms with van der Waals surface area (Å²) < 4.78 is 72.3. The number of nitrogens with one attached hydrogen (secondary N) is 1. The quantitative estimate of drug-likeness (QED) is 0.712. The van der Waals surface area contributed by atoms with Gasteiger partial charge in [-0.15, -0.1) is 0 Å². The van der Waals surface area contributed by atoms with E-state index < -0.39 is 30.3 Å². The Labute approximate surface area is 81.3 Å². The van der Waals surface area contributed by atoms with Crippen molar-refractivity contribution in [3.63, 3.8) is 0 Å². The van der Waals surface area contributed by atoms with Crippen molar-refractivity contribution in [3.8, 4) is 0 Å². The highest BCUT2D eigenvalue weighted by molar-refractivity contribution is 4.96. The van der Waals surface area contributed by atoms with Gasteiger partial charge in [-0.3, -0.25) is 0 Å². The van der Waals surface area contributed by atoms with Gasteiger partial charge in [-0.2, -0.15) is 26.3 Å². The predicted molar refractivity (Wildman–Crippen MR) is 38.0 cm³/mol. The topological polar surface area (TPSA) is 32.3 Å². The van der Waals surface area contributed by atoms with Crippen molar-refractivity contribution in [1.82, 2.24) is 5.32 Å². The molecule has 8 heteroatoms. The first kappa shape index (κ1) is 12.6. The zero-order chi connectivity index (χ0) is 11.9. The van der Waals surface area contributed by atoms with Crippen LogP contribution in [0.4, 0.5) is 26.3 Å². The van der Waals surface area contributed by atoms with Crippen LogP contribution in [0.5, 0.6) is 0 Å². The summed E-state index contributed by atoms with van der Waals surface area (Å²) in [4.78, 5) is 0. The van der Waals surface area contributed by atoms with Crippen LogP contribution in [0.2, 0.25) is 0 Å². The molecule has 1 aliphatic rings. The molecule has 0 radical (unpaired) electrons. The van der Waals surface area contributed by atoms with Crippen LogP contribution in [0.1, 0.15) is 6.42 Å². The molecule has 90 valence electrons. The summed E-state index contributed by atoms with van der Waals surface area (Å²) in [7, 11) is 0. The minimum atomic E-state index is -5.37. The zero-order valence-corrected chi connectivity index (χ0v) is 7.41. The van der Waals surface area contributed by atoms with E-state index in [1.165, 1.54) is 0 Å². The summed E-state index contributed by atoms with van der Waals surface area (Å²) in [5.41, 5.74) is -1.89. The van der Waals surface area contributed by atoms with E-state index in [4.69, 9.17) is 0 Å². The molecule has 0 saturated carbocycles. The van der Waals surface area contributed by atoms with E-state index in [-0.39, 0.29) is 13.1 Å². The normalized spacial score (nSPS) is 21.6. The monoisotopic (exact) mass is 237 g/mol. The lowest BCUT2D eigenvalue weighted by atomic mass is 9.85. The maximum Gasteiger partial charge on any atom is 0.400 e. The standard InChI is InChI=1S/C7H9F6NO/c8-6(9,10)4(7(11,12)13)1-5(15)2-14-3-5/h4,14-15H,1-3H2. The molecule has 1 saturated heterocycles. The van der Waals surface area contributed by atoms with E-state index in [1.54, 1.807) is 0 Å². The van der Waals surface area contributed by atoms with E-state index in [1.807, 2.05) is 0 Å². The Hall–Kier alpha value is -0.500. The first-order chi connectivity index (χ1) is 6.55. The van der Waals surface area contributed by atoms with Crippen LogP contribution in [0, 0.1) is 5.92 Å². The van der Waals surface area contributed by atoms with Gasteiger partial charge in [0.15, 0.2) is 5.92 Å². The van der Waals surface area contributed by atoms with E-state index in [2.05, 4.69) is 5.32 Å². The second-order valence-corrected chi connectivity index (χ2v) is 3.67. The maximum atomic E-state index is 12.1. The molecule has 0 unspecified atom stereocenters. The van der Waals surface area contributed by atoms with Crippen molar-refractivity contribution in [3.05, 3.63) is 0 Å². The average molecular weight is 237 g/mol. The minimum Gasteiger partial charge on any atom is -0.387 e. The number of alkyl halides is 6. The van der Waals surface area contributed by atoms with Gasteiger partial charge < -0.3 is 10.4 Å². The van der Waals surface area contributed by atoms with Gasteiger partial charge >= 0.3 is 12.4 Å². The largest absolute Gasteiger partial charge is 0.400 e. The van der Waals surface area contributed by atoms with Gasteiger partial charge in [-0.25, -0.2) is 0 Å². The molecule has 0 atom stereocenters. The van der Waals surface area contributed by atoms with Crippen LogP contribution in [0.15, 0.2) is 0 Å². The Morgan fingerprint density at radius 1 is 1.07 bits per heavy atom. The Morgan fingerprint density at radius 2 is 1.47 bits per heavy atom. The number of β-amino-alcohol motifs (C(OH)–C–C–N with tert-alkyl or cyclic N) is 1. The fourth-order valence-corrected chi connectivity index (χ4v) is 1.35. The lowest BCUT2D eigenvalue weighted by Crippen LogP contribution is -2.62. The van der Waals surface area contributed by atoms with Crippen LogP contribution < -0.4 is 5.32 Å². The molecule has 1 rings (SSSR count). The molecule has 2 nitrogen and oxygen atoms in total. The third-order valence-electron chi connectivity index (χ3n) is 2.28. The second kappa shape index (κ2) is 3.51. The van der Waals surface area contributed by atoms with Crippen molar-refractivity contribution in [2.24, 2.45) is 5.92 Å². The highest BCUT2D eigenvalue weighted by atomic mass is 19.4. The second-order valence-electron chi connectivity index (χ2n) is 3.67. The van der Waals surface area contributed by atoms with Gasteiger partial charge in [0.2, 0.25) is 0 Å². The van der Waals surface area contributed by atoms with E-state index in [0.29, 0.717) is 0 Å². The molecule has 0 amide bonds. The molecule has 2 N–H and O–H groups in total. The SMILES string of the molecule is OC1(CC(C(F)(F)F)C(F)(F)F)CNC1. The van der Waals surface area contributed by atoms with Crippen molar-refractivity contribution < 1.29 is 31.4 Å². The molecule has 1 aliphatic heterocycles. The zero-order valence-electron chi connectivity index (χ0n) is 7.41. The molecule has 0 aliphatic carbocycles. The predicted octanol–water partition coefficient (Wildman–Crippen LogP) is 1.45. The van der Waals surface area contributed by atoms with Crippen molar-refractivity contribution >= 4 is 0 Å². The molecule has 0 aromatic heterocycles. The molecular weight excluding hydrogens is 228 g/mol. The summed E-state index contributed by atoms with van der Waals surface area (Å²) in [6, 6.07) is 0. The van der Waals surface area contributed by atoms with E-state index >= 15 is 0 Å². The van der Waals surface area contributed by atoms with Gasteiger partial charge in [-0.05, 0) is 6.42 Å². The summed E-state index contributed by atoms with van der Waals surface area (Å²) in [5, 5.41) is 11.7. The number of halogens is 6. The van der Waals surface area contributed by atoms with Crippen molar-refractivity contribution in [1.29, 1.82) is 0 Å². The summed E-state index contributed by atoms with van der Waals surface area (Å²) in [5.74, 6) is -3.46. The summed E-state index contributed by atoms with van der Waals surface area (Å²) in [6.45, 7) is -0.481. The molecular formula is C7H9F6NO. The molecule has 15 heavy (non-hydrogen) atoms. The third kappa shape index (κ3) is 2.97. The fraction of sp³-hybridized carbons (Fsp3) is 1.00. The molecule has 0 spiro atoms. The Bertz CT molecular complexity index is 217. The summed E-state index contributed by atoms with van der Waals surface area (Å²) >= 11 is 0. The van der Waals surface area contributed by atoms with Crippen LogP contribution in [-0.2, 0) is 0 Å². The maximum absolute atomic E-state index is 12.1. The van der Waals surface area contributed by atoms with E-state index in [0.717, 1.165) is 0 Å². The van der Waals surface area contributed by atoms with Crippen LogP contribution in [0.25, 0.3) is 0 Å². The smallest absolute Gasteiger partial charge is 0.387 e. The van der Waals surface area contributed by atoms with Crippen molar-refractivity contribution in [2.75, 3.05) is 13.1 Å².